The Morgan fingerprint density at radius 1 is 0.508 bits per heavy atom. The quantitative estimate of drug-likeness (QED) is 0.0158. The molecule has 0 heterocycles. The second-order valence-corrected chi connectivity index (χ2v) is 17.7. The molecule has 9 nitrogen and oxygen atoms in total. The molecule has 0 bridgehead atoms. The van der Waals surface area contributed by atoms with Crippen LogP contribution in [0, 0.1) is 19.8 Å². The second kappa shape index (κ2) is 39.8. The van der Waals surface area contributed by atoms with Crippen LogP contribution in [0.4, 0.5) is 0 Å². The Kier molecular flexibility index (Phi) is 36.2. The summed E-state index contributed by atoms with van der Waals surface area (Å²) >= 11 is 0. The molecule has 0 amide bonds. The number of carbonyl (C=O) groups is 5. The van der Waals surface area contributed by atoms with E-state index in [0.717, 1.165) is 83.3 Å². The summed E-state index contributed by atoms with van der Waals surface area (Å²) in [6.45, 7) is 9.33. The predicted molar refractivity (Wildman–Crippen MR) is 256 cm³/mol. The number of carbonyl (C=O) groups excluding carboxylic acids is 5. The normalized spacial score (nSPS) is 12.0. The summed E-state index contributed by atoms with van der Waals surface area (Å²) in [6, 6.07) is 3.31. The maximum Gasteiger partial charge on any atom is 0.311 e. The van der Waals surface area contributed by atoms with Gasteiger partial charge in [0.1, 0.15) is 25.2 Å². The van der Waals surface area contributed by atoms with Gasteiger partial charge in [-0.2, -0.15) is 0 Å². The van der Waals surface area contributed by atoms with Crippen molar-refractivity contribution in [1.82, 2.24) is 0 Å². The first-order chi connectivity index (χ1) is 30.6. The molecular formula is C54H88O9. The van der Waals surface area contributed by atoms with Gasteiger partial charge in [0.2, 0.25) is 0 Å². The van der Waals surface area contributed by atoms with Crippen LogP contribution in [-0.2, 0) is 33.4 Å². The first-order valence-electron chi connectivity index (χ1n) is 25.2. The van der Waals surface area contributed by atoms with Crippen molar-refractivity contribution in [2.24, 2.45) is 5.92 Å². The Balaban J connectivity index is 2.48. The smallest absolute Gasteiger partial charge is 0.311 e. The van der Waals surface area contributed by atoms with Gasteiger partial charge in [0, 0.05) is 31.2 Å². The Hall–Kier alpha value is -3.75. The molecule has 1 aromatic carbocycles. The van der Waals surface area contributed by atoms with Crippen LogP contribution in [0.3, 0.4) is 0 Å². The molecule has 0 saturated heterocycles. The second-order valence-electron chi connectivity index (χ2n) is 17.7. The molecule has 0 fully saturated rings. The summed E-state index contributed by atoms with van der Waals surface area (Å²) in [4.78, 5) is 62.3. The van der Waals surface area contributed by atoms with E-state index in [0.29, 0.717) is 22.4 Å². The Morgan fingerprint density at radius 3 is 1.27 bits per heavy atom. The molecule has 1 unspecified atom stereocenters. The topological polar surface area (TPSA) is 122 Å². The lowest BCUT2D eigenvalue weighted by Crippen LogP contribution is -2.31. The first-order valence-corrected chi connectivity index (χ1v) is 25.2. The molecule has 0 aliphatic carbocycles. The van der Waals surface area contributed by atoms with E-state index in [9.17, 15) is 24.0 Å². The molecule has 0 saturated carbocycles. The van der Waals surface area contributed by atoms with E-state index in [4.69, 9.17) is 18.9 Å². The number of unbranched alkanes of at least 4 members (excludes halogenated alkanes) is 22. The number of aldehydes is 1. The van der Waals surface area contributed by atoms with Crippen LogP contribution in [0.2, 0.25) is 0 Å². The van der Waals surface area contributed by atoms with Crippen LogP contribution in [-0.4, -0.2) is 49.5 Å². The number of rotatable bonds is 41. The largest absolute Gasteiger partial charge is 0.462 e. The molecule has 0 spiro atoms. The van der Waals surface area contributed by atoms with E-state index in [1.807, 2.05) is 0 Å². The first kappa shape index (κ1) is 57.3. The highest BCUT2D eigenvalue weighted by atomic mass is 16.6. The minimum atomic E-state index is -0.964. The third kappa shape index (κ3) is 33.4. The summed E-state index contributed by atoms with van der Waals surface area (Å²) in [6.07, 6.45) is 39.8. The van der Waals surface area contributed by atoms with Crippen molar-refractivity contribution < 1.29 is 42.9 Å². The fourth-order valence-electron chi connectivity index (χ4n) is 7.56. The molecule has 0 N–H and O–H groups in total. The zero-order valence-electron chi connectivity index (χ0n) is 40.5. The number of ether oxygens (including phenoxy) is 4. The van der Waals surface area contributed by atoms with Gasteiger partial charge in [-0.1, -0.05) is 148 Å². The van der Waals surface area contributed by atoms with Gasteiger partial charge in [0.25, 0.3) is 0 Å². The summed E-state index contributed by atoms with van der Waals surface area (Å²) in [7, 11) is 0. The molecule has 1 aromatic rings. The summed E-state index contributed by atoms with van der Waals surface area (Å²) in [5.74, 6) is -1.87. The summed E-state index contributed by atoms with van der Waals surface area (Å²) in [5, 5.41) is 0. The lowest BCUT2D eigenvalue weighted by atomic mass is 10.0. The average Bonchev–Trinajstić information content (AvgIpc) is 3.25. The van der Waals surface area contributed by atoms with Crippen molar-refractivity contribution in [1.29, 1.82) is 0 Å². The standard InChI is InChI=1S/C54H88O9/c1-6-8-10-12-14-16-18-20-22-24-26-28-30-32-34-36-50(56)60-43-49(44-61-51(57)37-35-33-31-29-27-25-23-21-19-17-15-13-11-9-7-2)62-52(58)38-45(3)39-53(59)63-54-46(4)40-48(42-55)41-47(54)5/h20-23,40-42,45,49H,6-19,24-39,43-44H2,1-5H3/b22-20-,23-21-. The number of allylic oxidation sites excluding steroid dienone is 4. The molecule has 63 heavy (non-hydrogen) atoms. The highest BCUT2D eigenvalue weighted by Gasteiger charge is 2.23. The maximum atomic E-state index is 13.0. The fourth-order valence-corrected chi connectivity index (χ4v) is 7.56. The van der Waals surface area contributed by atoms with Crippen molar-refractivity contribution in [2.75, 3.05) is 13.2 Å². The predicted octanol–water partition coefficient (Wildman–Crippen LogP) is 14.5. The zero-order chi connectivity index (χ0) is 46.2. The van der Waals surface area contributed by atoms with Crippen molar-refractivity contribution in [2.45, 2.75) is 233 Å². The van der Waals surface area contributed by atoms with Gasteiger partial charge in [-0.3, -0.25) is 24.0 Å². The van der Waals surface area contributed by atoms with Crippen molar-refractivity contribution >= 4 is 30.2 Å². The third-order valence-electron chi connectivity index (χ3n) is 11.3. The molecule has 0 radical (unpaired) electrons. The molecule has 0 aromatic heterocycles. The molecule has 0 aliphatic rings. The number of benzene rings is 1. The van der Waals surface area contributed by atoms with Crippen LogP contribution in [0.15, 0.2) is 36.4 Å². The van der Waals surface area contributed by atoms with Gasteiger partial charge in [-0.15, -0.1) is 0 Å². The van der Waals surface area contributed by atoms with E-state index in [1.54, 1.807) is 32.9 Å². The van der Waals surface area contributed by atoms with Gasteiger partial charge >= 0.3 is 23.9 Å². The minimum Gasteiger partial charge on any atom is -0.462 e. The minimum absolute atomic E-state index is 0.0377. The molecule has 9 heteroatoms. The van der Waals surface area contributed by atoms with Crippen LogP contribution < -0.4 is 4.74 Å². The van der Waals surface area contributed by atoms with Crippen LogP contribution >= 0.6 is 0 Å². The van der Waals surface area contributed by atoms with E-state index < -0.39 is 24.0 Å². The lowest BCUT2D eigenvalue weighted by molar-refractivity contribution is -0.167. The highest BCUT2D eigenvalue weighted by molar-refractivity contribution is 5.79. The number of hydrogen-bond acceptors (Lipinski definition) is 9. The van der Waals surface area contributed by atoms with E-state index >= 15 is 0 Å². The zero-order valence-corrected chi connectivity index (χ0v) is 40.5. The number of aryl methyl sites for hydroxylation is 2. The van der Waals surface area contributed by atoms with Crippen molar-refractivity contribution in [3.05, 3.63) is 53.1 Å². The van der Waals surface area contributed by atoms with E-state index in [2.05, 4.69) is 38.2 Å². The SMILES string of the molecule is CCCCCCCC/C=C\CCCCCCCC(=O)OCC(COC(=O)CCCCCCC/C=C\CCCCCCCC)OC(=O)CC(C)CC(=O)Oc1c(C)cc(C=O)cc1C. The lowest BCUT2D eigenvalue weighted by Gasteiger charge is -2.19. The maximum absolute atomic E-state index is 13.0. The molecule has 1 rings (SSSR count). The Morgan fingerprint density at radius 2 is 0.873 bits per heavy atom. The summed E-state index contributed by atoms with van der Waals surface area (Å²) in [5.41, 5.74) is 1.83. The van der Waals surface area contributed by atoms with Gasteiger partial charge < -0.3 is 18.9 Å². The molecule has 0 aliphatic heterocycles. The van der Waals surface area contributed by atoms with Gasteiger partial charge in [-0.05, 0) is 107 Å². The fraction of sp³-hybridized carbons (Fsp3) is 0.722. The molecule has 1 atom stereocenters. The molecule has 358 valence electrons. The van der Waals surface area contributed by atoms with Crippen LogP contribution in [0.1, 0.15) is 235 Å². The third-order valence-corrected chi connectivity index (χ3v) is 11.3. The van der Waals surface area contributed by atoms with Gasteiger partial charge in [0.05, 0.1) is 0 Å². The van der Waals surface area contributed by atoms with Gasteiger partial charge in [0.15, 0.2) is 6.10 Å². The number of hydrogen-bond donors (Lipinski definition) is 0. The Bertz CT molecular complexity index is 1350. The molecular weight excluding hydrogens is 793 g/mol. The number of esters is 4. The monoisotopic (exact) mass is 881 g/mol. The highest BCUT2D eigenvalue weighted by Crippen LogP contribution is 2.26. The van der Waals surface area contributed by atoms with Crippen LogP contribution in [0.25, 0.3) is 0 Å². The van der Waals surface area contributed by atoms with Crippen LogP contribution in [0.5, 0.6) is 5.75 Å². The average molecular weight is 881 g/mol. The van der Waals surface area contributed by atoms with Crippen molar-refractivity contribution in [3.8, 4) is 5.75 Å². The van der Waals surface area contributed by atoms with Crippen molar-refractivity contribution in [3.63, 3.8) is 0 Å². The van der Waals surface area contributed by atoms with E-state index in [-0.39, 0.29) is 50.8 Å². The summed E-state index contributed by atoms with van der Waals surface area (Å²) < 4.78 is 22.3. The Labute approximate surface area is 383 Å². The van der Waals surface area contributed by atoms with E-state index in [1.165, 1.54) is 89.9 Å². The van der Waals surface area contributed by atoms with Gasteiger partial charge in [-0.25, -0.2) is 0 Å².